The van der Waals surface area contributed by atoms with Crippen molar-refractivity contribution in [3.8, 4) is 0 Å². The van der Waals surface area contributed by atoms with Crippen LogP contribution in [-0.4, -0.2) is 46.3 Å². The predicted molar refractivity (Wildman–Crippen MR) is 66.4 cm³/mol. The van der Waals surface area contributed by atoms with Crippen LogP contribution in [0.1, 0.15) is 5.56 Å². The lowest BCUT2D eigenvalue weighted by atomic mass is 10.1. The first kappa shape index (κ1) is 12.5. The van der Waals surface area contributed by atoms with Gasteiger partial charge in [0.15, 0.2) is 0 Å². The highest BCUT2D eigenvalue weighted by Gasteiger charge is 2.32. The number of hydrogen-bond acceptors (Lipinski definition) is 3. The van der Waals surface area contributed by atoms with Crippen molar-refractivity contribution in [2.45, 2.75) is 18.6 Å². The molecule has 1 saturated heterocycles. The fourth-order valence-corrected chi connectivity index (χ4v) is 2.35. The van der Waals surface area contributed by atoms with E-state index in [2.05, 4.69) is 15.9 Å². The molecule has 0 spiro atoms. The van der Waals surface area contributed by atoms with E-state index in [1.165, 1.54) is 4.90 Å². The Bertz CT molecular complexity index is 414. The van der Waals surface area contributed by atoms with Gasteiger partial charge in [0.05, 0.1) is 18.6 Å². The first-order valence-electron chi connectivity index (χ1n) is 5.44. The van der Waals surface area contributed by atoms with Gasteiger partial charge in [-0.1, -0.05) is 28.1 Å². The molecule has 1 aliphatic heterocycles. The highest BCUT2D eigenvalue weighted by molar-refractivity contribution is 9.10. The summed E-state index contributed by atoms with van der Waals surface area (Å²) < 4.78 is 0.935. The van der Waals surface area contributed by atoms with Crippen LogP contribution in [0.5, 0.6) is 0 Å². The van der Waals surface area contributed by atoms with E-state index in [4.69, 9.17) is 0 Å². The minimum absolute atomic E-state index is 0.0706. The molecule has 0 aromatic heterocycles. The first-order chi connectivity index (χ1) is 8.06. The minimum Gasteiger partial charge on any atom is -0.388 e. The molecule has 0 bridgehead atoms. The van der Waals surface area contributed by atoms with Crippen molar-refractivity contribution in [2.75, 3.05) is 13.1 Å². The van der Waals surface area contributed by atoms with E-state index in [1.807, 2.05) is 24.3 Å². The summed E-state index contributed by atoms with van der Waals surface area (Å²) in [4.78, 5) is 13.4. The van der Waals surface area contributed by atoms with Gasteiger partial charge >= 0.3 is 0 Å². The third kappa shape index (κ3) is 3.06. The van der Waals surface area contributed by atoms with Gasteiger partial charge in [-0.05, 0) is 17.7 Å². The molecule has 4 nitrogen and oxygen atoms in total. The largest absolute Gasteiger partial charge is 0.388 e. The van der Waals surface area contributed by atoms with Crippen molar-refractivity contribution in [3.63, 3.8) is 0 Å². The third-order valence-electron chi connectivity index (χ3n) is 2.86. The molecule has 2 rings (SSSR count). The maximum absolute atomic E-state index is 11.9. The highest BCUT2D eigenvalue weighted by atomic mass is 79.9. The number of aliphatic hydroxyl groups is 2. The number of amides is 1. The molecular formula is C12H14BrNO3. The van der Waals surface area contributed by atoms with Gasteiger partial charge in [0, 0.05) is 17.6 Å². The molecule has 1 aromatic carbocycles. The topological polar surface area (TPSA) is 60.8 Å². The van der Waals surface area contributed by atoms with Gasteiger partial charge < -0.3 is 15.1 Å². The zero-order valence-electron chi connectivity index (χ0n) is 9.21. The van der Waals surface area contributed by atoms with Crippen LogP contribution in [0.3, 0.4) is 0 Å². The number of hydrogen-bond donors (Lipinski definition) is 2. The summed E-state index contributed by atoms with van der Waals surface area (Å²) in [6, 6.07) is 7.55. The Hall–Kier alpha value is -0.910. The maximum Gasteiger partial charge on any atom is 0.227 e. The van der Waals surface area contributed by atoms with E-state index in [0.717, 1.165) is 10.0 Å². The second-order valence-electron chi connectivity index (χ2n) is 4.24. The zero-order valence-corrected chi connectivity index (χ0v) is 10.8. The van der Waals surface area contributed by atoms with Crippen molar-refractivity contribution in [3.05, 3.63) is 34.3 Å². The van der Waals surface area contributed by atoms with Gasteiger partial charge in [0.25, 0.3) is 0 Å². The Kier molecular flexibility index (Phi) is 3.81. The number of rotatable bonds is 2. The van der Waals surface area contributed by atoms with Crippen LogP contribution < -0.4 is 0 Å². The van der Waals surface area contributed by atoms with Crippen LogP contribution in [0.15, 0.2) is 28.7 Å². The number of aliphatic hydroxyl groups excluding tert-OH is 2. The molecule has 2 unspecified atom stereocenters. The molecule has 1 fully saturated rings. The molecule has 1 heterocycles. The predicted octanol–water partition coefficient (Wildman–Crippen LogP) is 0.556. The van der Waals surface area contributed by atoms with E-state index in [9.17, 15) is 15.0 Å². The summed E-state index contributed by atoms with van der Waals surface area (Å²) in [5, 5.41) is 18.8. The molecule has 2 atom stereocenters. The Morgan fingerprint density at radius 2 is 2.00 bits per heavy atom. The van der Waals surface area contributed by atoms with E-state index >= 15 is 0 Å². The van der Waals surface area contributed by atoms with E-state index in [0.29, 0.717) is 6.42 Å². The Labute approximate surface area is 108 Å². The number of β-amino-alcohol motifs (C(OH)–C–C–N with tert-alkyl or cyclic N) is 2. The van der Waals surface area contributed by atoms with E-state index in [-0.39, 0.29) is 19.0 Å². The molecule has 1 aliphatic rings. The molecule has 0 radical (unpaired) electrons. The second kappa shape index (κ2) is 5.16. The summed E-state index contributed by atoms with van der Waals surface area (Å²) in [6.45, 7) is 0.433. The van der Waals surface area contributed by atoms with Crippen molar-refractivity contribution in [1.29, 1.82) is 0 Å². The van der Waals surface area contributed by atoms with Crippen LogP contribution in [-0.2, 0) is 11.2 Å². The summed E-state index contributed by atoms with van der Waals surface area (Å²) >= 11 is 3.35. The molecule has 17 heavy (non-hydrogen) atoms. The van der Waals surface area contributed by atoms with Gasteiger partial charge in [-0.25, -0.2) is 0 Å². The smallest absolute Gasteiger partial charge is 0.227 e. The summed E-state index contributed by atoms with van der Waals surface area (Å²) in [7, 11) is 0. The first-order valence-corrected chi connectivity index (χ1v) is 6.24. The number of carbonyl (C=O) groups excluding carboxylic acids is 1. The Balaban J connectivity index is 1.98. The average Bonchev–Trinajstić information content (AvgIpc) is 2.59. The minimum atomic E-state index is -0.818. The molecule has 0 aliphatic carbocycles. The van der Waals surface area contributed by atoms with Gasteiger partial charge in [-0.15, -0.1) is 0 Å². The van der Waals surface area contributed by atoms with Crippen molar-refractivity contribution < 1.29 is 15.0 Å². The number of benzene rings is 1. The monoisotopic (exact) mass is 299 g/mol. The molecule has 92 valence electrons. The fourth-order valence-electron chi connectivity index (χ4n) is 1.91. The molecule has 2 N–H and O–H groups in total. The van der Waals surface area contributed by atoms with Gasteiger partial charge in [-0.2, -0.15) is 0 Å². The Morgan fingerprint density at radius 1 is 1.35 bits per heavy atom. The van der Waals surface area contributed by atoms with Crippen LogP contribution >= 0.6 is 15.9 Å². The molecular weight excluding hydrogens is 286 g/mol. The van der Waals surface area contributed by atoms with Gasteiger partial charge in [0.1, 0.15) is 0 Å². The standard InChI is InChI=1S/C12H14BrNO3/c13-9-3-1-2-8(4-9)5-12(17)14-6-10(15)11(16)7-14/h1-4,10-11,15-16H,5-7H2. The van der Waals surface area contributed by atoms with Crippen molar-refractivity contribution in [2.24, 2.45) is 0 Å². The average molecular weight is 300 g/mol. The van der Waals surface area contributed by atoms with E-state index < -0.39 is 12.2 Å². The molecule has 1 amide bonds. The zero-order chi connectivity index (χ0) is 12.4. The quantitative estimate of drug-likeness (QED) is 0.839. The lowest BCUT2D eigenvalue weighted by Gasteiger charge is -2.15. The molecule has 1 aromatic rings. The van der Waals surface area contributed by atoms with Gasteiger partial charge in [0.2, 0.25) is 5.91 Å². The highest BCUT2D eigenvalue weighted by Crippen LogP contribution is 2.15. The summed E-state index contributed by atoms with van der Waals surface area (Å²) in [5.41, 5.74) is 0.917. The number of carbonyl (C=O) groups is 1. The van der Waals surface area contributed by atoms with Crippen LogP contribution in [0.4, 0.5) is 0 Å². The normalized spacial score (nSPS) is 24.1. The number of halogens is 1. The molecule has 0 saturated carbocycles. The lowest BCUT2D eigenvalue weighted by Crippen LogP contribution is -2.31. The lowest BCUT2D eigenvalue weighted by molar-refractivity contribution is -0.129. The van der Waals surface area contributed by atoms with Gasteiger partial charge in [-0.3, -0.25) is 4.79 Å². The molecule has 5 heteroatoms. The summed E-state index contributed by atoms with van der Waals surface area (Å²) in [6.07, 6.45) is -1.35. The SMILES string of the molecule is O=C(Cc1cccc(Br)c1)N1CC(O)C(O)C1. The van der Waals surface area contributed by atoms with Crippen LogP contribution in [0.25, 0.3) is 0 Å². The second-order valence-corrected chi connectivity index (χ2v) is 5.16. The van der Waals surface area contributed by atoms with E-state index in [1.54, 1.807) is 0 Å². The van der Waals surface area contributed by atoms with Crippen molar-refractivity contribution >= 4 is 21.8 Å². The van der Waals surface area contributed by atoms with Crippen LogP contribution in [0, 0.1) is 0 Å². The number of nitrogens with zero attached hydrogens (tertiary/aromatic N) is 1. The van der Waals surface area contributed by atoms with Crippen LogP contribution in [0.2, 0.25) is 0 Å². The van der Waals surface area contributed by atoms with Crippen molar-refractivity contribution in [1.82, 2.24) is 4.90 Å². The number of likely N-dealkylation sites (tertiary alicyclic amines) is 1. The fraction of sp³-hybridized carbons (Fsp3) is 0.417. The third-order valence-corrected chi connectivity index (χ3v) is 3.35. The summed E-state index contributed by atoms with van der Waals surface area (Å²) in [5.74, 6) is -0.0706. The maximum atomic E-state index is 11.9. The Morgan fingerprint density at radius 3 is 2.59 bits per heavy atom.